The molecule has 1 radical (unpaired) electrons. The smallest absolute Gasteiger partial charge is 0.197 e. The highest BCUT2D eigenvalue weighted by Gasteiger charge is 2.32. The first kappa shape index (κ1) is 15.8. The molecule has 0 aliphatic carbocycles. The van der Waals surface area contributed by atoms with E-state index in [1.807, 2.05) is 0 Å². The Hall–Kier alpha value is -0.240. The van der Waals surface area contributed by atoms with Gasteiger partial charge in [0.15, 0.2) is 19.9 Å². The number of alkyl halides is 2. The van der Waals surface area contributed by atoms with Gasteiger partial charge in [0.05, 0.1) is 11.0 Å². The highest BCUT2D eigenvalue weighted by atomic mass is 35.7. The number of nitriles is 1. The van der Waals surface area contributed by atoms with Crippen molar-refractivity contribution < 1.29 is 8.42 Å². The summed E-state index contributed by atoms with van der Waals surface area (Å²) in [5, 5.41) is 10.0. The van der Waals surface area contributed by atoms with Crippen molar-refractivity contribution >= 4 is 58.1 Å². The summed E-state index contributed by atoms with van der Waals surface area (Å²) in [5.74, 6) is 0. The van der Waals surface area contributed by atoms with Crippen LogP contribution in [0.5, 0.6) is 0 Å². The Labute approximate surface area is 122 Å². The van der Waals surface area contributed by atoms with E-state index in [-0.39, 0.29) is 4.90 Å². The molecule has 1 aromatic rings. The van der Waals surface area contributed by atoms with Crippen molar-refractivity contribution in [1.29, 1.82) is 5.26 Å². The van der Waals surface area contributed by atoms with Crippen LogP contribution in [0.1, 0.15) is 0 Å². The lowest BCUT2D eigenvalue weighted by Gasteiger charge is -2.11. The summed E-state index contributed by atoms with van der Waals surface area (Å²) in [5.41, 5.74) is 0.666. The minimum Gasteiger partial charge on any atom is -0.346 e. The molecule has 0 aliphatic heterocycles. The maximum atomic E-state index is 12.0. The lowest BCUT2D eigenvalue weighted by atomic mass is 10.3. The summed E-state index contributed by atoms with van der Waals surface area (Å²) in [6.45, 7) is 0. The summed E-state index contributed by atoms with van der Waals surface area (Å²) in [7, 11) is -3.41. The monoisotopic (exact) mass is 343 g/mol. The van der Waals surface area contributed by atoms with Crippen molar-refractivity contribution in [2.75, 3.05) is 5.09 Å². The second-order valence-corrected chi connectivity index (χ2v) is 7.32. The summed E-state index contributed by atoms with van der Waals surface area (Å²) in [6, 6.07) is 7.42. The molecule has 0 fully saturated rings. The van der Waals surface area contributed by atoms with Crippen molar-refractivity contribution in [3.63, 3.8) is 0 Å². The number of nitrogens with zero attached hydrogens (tertiary/aromatic N) is 1. The number of anilines is 1. The Morgan fingerprint density at radius 3 is 2.28 bits per heavy atom. The van der Waals surface area contributed by atoms with Crippen molar-refractivity contribution in [3.05, 3.63) is 24.3 Å². The van der Waals surface area contributed by atoms with Gasteiger partial charge >= 0.3 is 0 Å². The molecule has 0 saturated carbocycles. The molecule has 0 heterocycles. The molecule has 2 unspecified atom stereocenters. The first-order valence-corrected chi connectivity index (χ1v) is 8.74. The number of rotatable bonds is 5. The summed E-state index contributed by atoms with van der Waals surface area (Å²) >= 11 is 16.7. The van der Waals surface area contributed by atoms with Gasteiger partial charge in [-0.25, -0.2) is 8.42 Å². The average molecular weight is 345 g/mol. The van der Waals surface area contributed by atoms with Crippen LogP contribution in [-0.4, -0.2) is 18.5 Å². The van der Waals surface area contributed by atoms with Gasteiger partial charge in [-0.1, -0.05) is 11.2 Å². The Kier molecular flexibility index (Phi) is 5.97. The van der Waals surface area contributed by atoms with Crippen LogP contribution < -0.4 is 5.09 Å². The second-order valence-electron chi connectivity index (χ2n) is 3.15. The van der Waals surface area contributed by atoms with Crippen LogP contribution in [0, 0.1) is 11.3 Å². The van der Waals surface area contributed by atoms with E-state index in [4.69, 9.17) is 39.7 Å². The summed E-state index contributed by atoms with van der Waals surface area (Å²) in [4.78, 5) is 0.000175. The van der Waals surface area contributed by atoms with E-state index in [2.05, 4.69) is 5.09 Å². The predicted octanol–water partition coefficient (Wildman–Crippen LogP) is 3.58. The zero-order valence-corrected chi connectivity index (χ0v) is 12.7. The number of benzene rings is 1. The fourth-order valence-electron chi connectivity index (χ4n) is 1.11. The molecule has 4 nitrogen and oxygen atoms in total. The standard InChI is InChI=1S/C9H7Cl3N2O2PS/c10-8(5-13)9(11)18(15,16)7-3-1-6(2-4-7)14-17-12/h1-4,8-9,14H. The zero-order chi connectivity index (χ0) is 13.8. The molecule has 0 bridgehead atoms. The third-order valence-corrected chi connectivity index (χ3v) is 5.98. The van der Waals surface area contributed by atoms with E-state index >= 15 is 0 Å². The maximum Gasteiger partial charge on any atom is 0.197 e. The van der Waals surface area contributed by atoms with Crippen LogP contribution in [0.25, 0.3) is 0 Å². The number of hydrogen-bond donors (Lipinski definition) is 1. The third kappa shape index (κ3) is 3.63. The first-order chi connectivity index (χ1) is 8.43. The SMILES string of the molecule is N#CC(Cl)C(Cl)S(=O)(=O)c1ccc(N[P]Cl)cc1. The highest BCUT2D eigenvalue weighted by molar-refractivity contribution is 7.93. The molecule has 2 atom stereocenters. The summed E-state index contributed by atoms with van der Waals surface area (Å²) < 4.78 is 22.5. The maximum absolute atomic E-state index is 12.0. The van der Waals surface area contributed by atoms with E-state index < -0.39 is 19.9 Å². The van der Waals surface area contributed by atoms with Crippen LogP contribution in [0.2, 0.25) is 0 Å². The zero-order valence-electron chi connectivity index (χ0n) is 8.72. The normalized spacial score (nSPS) is 15.2. The van der Waals surface area contributed by atoms with Crippen LogP contribution in [0.4, 0.5) is 5.69 Å². The average Bonchev–Trinajstić information content (AvgIpc) is 2.38. The Morgan fingerprint density at radius 2 is 1.83 bits per heavy atom. The fraction of sp³-hybridized carbons (Fsp3) is 0.222. The molecule has 9 heteroatoms. The van der Waals surface area contributed by atoms with E-state index in [0.29, 0.717) is 13.8 Å². The largest absolute Gasteiger partial charge is 0.346 e. The van der Waals surface area contributed by atoms with Crippen LogP contribution in [-0.2, 0) is 9.84 Å². The molecule has 0 aliphatic rings. The van der Waals surface area contributed by atoms with Crippen molar-refractivity contribution in [3.8, 4) is 6.07 Å². The van der Waals surface area contributed by atoms with Gasteiger partial charge in [0, 0.05) is 5.69 Å². The van der Waals surface area contributed by atoms with Gasteiger partial charge < -0.3 is 5.09 Å². The van der Waals surface area contributed by atoms with E-state index in [0.717, 1.165) is 0 Å². The van der Waals surface area contributed by atoms with Gasteiger partial charge in [0.1, 0.15) is 8.08 Å². The molecule has 1 N–H and O–H groups in total. The number of sulfone groups is 1. The Morgan fingerprint density at radius 1 is 1.28 bits per heavy atom. The van der Waals surface area contributed by atoms with Crippen LogP contribution in [0.3, 0.4) is 0 Å². The summed E-state index contributed by atoms with van der Waals surface area (Å²) in [6.07, 6.45) is 0. The van der Waals surface area contributed by atoms with E-state index in [1.165, 1.54) is 12.1 Å². The quantitative estimate of drug-likeness (QED) is 0.654. The van der Waals surface area contributed by atoms with E-state index in [9.17, 15) is 8.42 Å². The Bertz CT molecular complexity index is 544. The molecular weight excluding hydrogens is 338 g/mol. The molecule has 0 saturated heterocycles. The van der Waals surface area contributed by atoms with Crippen molar-refractivity contribution in [2.45, 2.75) is 15.0 Å². The van der Waals surface area contributed by atoms with Gasteiger partial charge in [-0.05, 0) is 24.3 Å². The van der Waals surface area contributed by atoms with E-state index in [1.54, 1.807) is 18.2 Å². The van der Waals surface area contributed by atoms with Gasteiger partial charge in [0.25, 0.3) is 0 Å². The molecule has 1 aromatic carbocycles. The molecule has 0 aromatic heterocycles. The fourth-order valence-corrected chi connectivity index (χ4v) is 3.58. The van der Waals surface area contributed by atoms with Crippen LogP contribution >= 0.6 is 42.5 Å². The lowest BCUT2D eigenvalue weighted by molar-refractivity contribution is 0.593. The third-order valence-electron chi connectivity index (χ3n) is 2.00. The molecule has 1 rings (SSSR count). The Balaban J connectivity index is 3.03. The minimum atomic E-state index is -3.83. The topological polar surface area (TPSA) is 70.0 Å². The second kappa shape index (κ2) is 6.79. The van der Waals surface area contributed by atoms with Gasteiger partial charge in [-0.15, -0.1) is 23.2 Å². The van der Waals surface area contributed by atoms with Crippen molar-refractivity contribution in [2.24, 2.45) is 0 Å². The van der Waals surface area contributed by atoms with Crippen LogP contribution in [0.15, 0.2) is 29.2 Å². The predicted molar refractivity (Wildman–Crippen MR) is 74.9 cm³/mol. The molecule has 97 valence electrons. The molecule has 0 spiro atoms. The highest BCUT2D eigenvalue weighted by Crippen LogP contribution is 2.27. The molecule has 0 amide bonds. The number of nitrogens with one attached hydrogen (secondary N) is 1. The number of halogens is 3. The first-order valence-electron chi connectivity index (χ1n) is 4.52. The van der Waals surface area contributed by atoms with Gasteiger partial charge in [0.2, 0.25) is 0 Å². The lowest BCUT2D eigenvalue weighted by Crippen LogP contribution is -2.24. The number of hydrogen-bond acceptors (Lipinski definition) is 4. The molecular formula is C9H7Cl3N2O2PS. The van der Waals surface area contributed by atoms with Gasteiger partial charge in [-0.2, -0.15) is 5.26 Å². The minimum absolute atomic E-state index is 0.000175. The van der Waals surface area contributed by atoms with Crippen molar-refractivity contribution in [1.82, 2.24) is 0 Å². The molecule has 18 heavy (non-hydrogen) atoms. The van der Waals surface area contributed by atoms with Gasteiger partial charge in [-0.3, -0.25) is 0 Å².